The summed E-state index contributed by atoms with van der Waals surface area (Å²) in [7, 11) is 0. The van der Waals surface area contributed by atoms with Gasteiger partial charge in [-0.2, -0.15) is 0 Å². The number of anilines is 1. The van der Waals surface area contributed by atoms with Crippen LogP contribution in [0.3, 0.4) is 0 Å². The molecule has 3 rings (SSSR count). The smallest absolute Gasteiger partial charge is 0.341 e. The van der Waals surface area contributed by atoms with E-state index in [1.54, 1.807) is 6.92 Å². The third kappa shape index (κ3) is 5.91. The Balaban J connectivity index is 1.52. The molecule has 6 heteroatoms. The lowest BCUT2D eigenvalue weighted by Gasteiger charge is -2.23. The van der Waals surface area contributed by atoms with Crippen LogP contribution in [-0.4, -0.2) is 25.1 Å². The van der Waals surface area contributed by atoms with Gasteiger partial charge in [0.15, 0.2) is 0 Å². The minimum absolute atomic E-state index is 0.0993. The van der Waals surface area contributed by atoms with E-state index >= 15 is 0 Å². The Morgan fingerprint density at radius 2 is 1.81 bits per heavy atom. The molecule has 0 radical (unpaired) electrons. The molecule has 1 aliphatic carbocycles. The number of hydrogen-bond acceptors (Lipinski definition) is 5. The number of aryl methyl sites for hydroxylation is 1. The van der Waals surface area contributed by atoms with Gasteiger partial charge >= 0.3 is 5.97 Å². The van der Waals surface area contributed by atoms with Gasteiger partial charge in [0.05, 0.1) is 18.8 Å². The van der Waals surface area contributed by atoms with Crippen LogP contribution in [-0.2, 0) is 27.8 Å². The monoisotopic (exact) mass is 457 g/mol. The molecule has 1 N–H and O–H groups in total. The molecule has 0 fully saturated rings. The van der Waals surface area contributed by atoms with E-state index < -0.39 is 0 Å². The van der Waals surface area contributed by atoms with Gasteiger partial charge in [0.25, 0.3) is 0 Å². The average Bonchev–Trinajstić information content (AvgIpc) is 3.15. The molecule has 0 saturated carbocycles. The molecule has 0 atom stereocenters. The van der Waals surface area contributed by atoms with Crippen molar-refractivity contribution >= 4 is 28.2 Å². The summed E-state index contributed by atoms with van der Waals surface area (Å²) in [6.45, 7) is 9.25. The molecular weight excluding hydrogens is 422 g/mol. The summed E-state index contributed by atoms with van der Waals surface area (Å²) < 4.78 is 11.1. The highest BCUT2D eigenvalue weighted by Gasteiger charge is 2.27. The lowest BCUT2D eigenvalue weighted by molar-refractivity contribution is -0.116. The molecule has 2 aromatic rings. The fraction of sp³-hybridized carbons (Fsp3) is 0.538. The maximum atomic E-state index is 12.5. The molecule has 1 aliphatic rings. The van der Waals surface area contributed by atoms with Crippen molar-refractivity contribution in [3.8, 4) is 5.75 Å². The summed E-state index contributed by atoms with van der Waals surface area (Å²) in [5.74, 6) is 0.384. The van der Waals surface area contributed by atoms with E-state index in [9.17, 15) is 9.59 Å². The number of esters is 1. The zero-order chi connectivity index (χ0) is 23.1. The molecular formula is C26H35NO4S. The van der Waals surface area contributed by atoms with Crippen LogP contribution in [0.5, 0.6) is 5.75 Å². The Kier molecular flexibility index (Phi) is 8.35. The van der Waals surface area contributed by atoms with E-state index in [1.165, 1.54) is 21.8 Å². The summed E-state index contributed by atoms with van der Waals surface area (Å²) in [5.41, 5.74) is 3.07. The molecule has 0 bridgehead atoms. The van der Waals surface area contributed by atoms with Gasteiger partial charge < -0.3 is 14.8 Å². The highest BCUT2D eigenvalue weighted by molar-refractivity contribution is 7.17. The van der Waals surface area contributed by atoms with E-state index in [1.807, 2.05) is 12.1 Å². The number of carbonyl (C=O) groups is 2. The first kappa shape index (κ1) is 24.3. The minimum Gasteiger partial charge on any atom is -0.494 e. The van der Waals surface area contributed by atoms with E-state index in [2.05, 4.69) is 38.2 Å². The predicted molar refractivity (Wildman–Crippen MR) is 130 cm³/mol. The van der Waals surface area contributed by atoms with Gasteiger partial charge in [-0.1, -0.05) is 32.9 Å². The van der Waals surface area contributed by atoms with Crippen molar-refractivity contribution in [2.24, 2.45) is 0 Å². The molecule has 1 amide bonds. The van der Waals surface area contributed by atoms with Gasteiger partial charge in [0, 0.05) is 11.3 Å². The van der Waals surface area contributed by atoms with Crippen molar-refractivity contribution in [2.45, 2.75) is 78.1 Å². The molecule has 1 aromatic heterocycles. The maximum absolute atomic E-state index is 12.5. The molecule has 0 saturated heterocycles. The highest BCUT2D eigenvalue weighted by Crippen LogP contribution is 2.38. The Bertz CT molecular complexity index is 930. The standard InChI is InChI=1S/C26H35NO4S/c1-5-26(3,4)18-13-15-19(16-14-18)31-17-9-12-22(28)27-24-23(25(29)30-6-2)20-10-7-8-11-21(20)32-24/h13-16H,5-12,17H2,1-4H3,(H,27,28). The summed E-state index contributed by atoms with van der Waals surface area (Å²) in [4.78, 5) is 26.3. The van der Waals surface area contributed by atoms with Crippen LogP contribution in [0, 0.1) is 0 Å². The number of hydrogen-bond donors (Lipinski definition) is 1. The molecule has 1 aromatic carbocycles. The Morgan fingerprint density at radius 1 is 1.09 bits per heavy atom. The van der Waals surface area contributed by atoms with Crippen LogP contribution in [0.25, 0.3) is 0 Å². The summed E-state index contributed by atoms with van der Waals surface area (Å²) in [6.07, 6.45) is 6.05. The third-order valence-electron chi connectivity index (χ3n) is 6.24. The number of thiophene rings is 1. The topological polar surface area (TPSA) is 64.6 Å². The number of fused-ring (bicyclic) bond motifs is 1. The minimum atomic E-state index is -0.333. The lowest BCUT2D eigenvalue weighted by atomic mass is 9.82. The largest absolute Gasteiger partial charge is 0.494 e. The summed E-state index contributed by atoms with van der Waals surface area (Å²) in [6, 6.07) is 8.21. The number of carbonyl (C=O) groups excluding carboxylic acids is 2. The molecule has 174 valence electrons. The second kappa shape index (κ2) is 11.0. The van der Waals surface area contributed by atoms with Crippen LogP contribution in [0.2, 0.25) is 0 Å². The van der Waals surface area contributed by atoms with Gasteiger partial charge in [0.1, 0.15) is 10.8 Å². The van der Waals surface area contributed by atoms with Crippen LogP contribution in [0.4, 0.5) is 5.00 Å². The summed E-state index contributed by atoms with van der Waals surface area (Å²) in [5, 5.41) is 3.59. The molecule has 0 aliphatic heterocycles. The van der Waals surface area contributed by atoms with Crippen molar-refractivity contribution in [3.63, 3.8) is 0 Å². The molecule has 5 nitrogen and oxygen atoms in total. The van der Waals surface area contributed by atoms with Crippen molar-refractivity contribution in [1.29, 1.82) is 0 Å². The van der Waals surface area contributed by atoms with Gasteiger partial charge in [-0.25, -0.2) is 4.79 Å². The number of benzene rings is 1. The van der Waals surface area contributed by atoms with Crippen LogP contribution in [0.1, 0.15) is 86.2 Å². The van der Waals surface area contributed by atoms with Gasteiger partial charge in [-0.05, 0) is 74.1 Å². The number of rotatable bonds is 10. The fourth-order valence-corrected chi connectivity index (χ4v) is 5.19. The van der Waals surface area contributed by atoms with Crippen molar-refractivity contribution in [1.82, 2.24) is 0 Å². The lowest BCUT2D eigenvalue weighted by Crippen LogP contribution is -2.16. The van der Waals surface area contributed by atoms with Crippen LogP contribution < -0.4 is 10.1 Å². The zero-order valence-corrected chi connectivity index (χ0v) is 20.5. The van der Waals surface area contributed by atoms with E-state index in [4.69, 9.17) is 9.47 Å². The SMILES string of the molecule is CCOC(=O)c1c(NC(=O)CCCOc2ccc(C(C)(C)CC)cc2)sc2c1CCCC2. The van der Waals surface area contributed by atoms with Crippen molar-refractivity contribution in [3.05, 3.63) is 45.8 Å². The van der Waals surface area contributed by atoms with Crippen molar-refractivity contribution < 1.29 is 19.1 Å². The first-order valence-corrected chi connectivity index (χ1v) is 12.5. The van der Waals surface area contributed by atoms with Crippen molar-refractivity contribution in [2.75, 3.05) is 18.5 Å². The van der Waals surface area contributed by atoms with Gasteiger partial charge in [-0.15, -0.1) is 11.3 Å². The normalized spacial score (nSPS) is 13.4. The Labute approximate surface area is 195 Å². The number of ether oxygens (including phenoxy) is 2. The molecule has 0 unspecified atom stereocenters. The predicted octanol–water partition coefficient (Wildman–Crippen LogP) is 6.29. The van der Waals surface area contributed by atoms with E-state index in [-0.39, 0.29) is 17.3 Å². The van der Waals surface area contributed by atoms with Gasteiger partial charge in [-0.3, -0.25) is 4.79 Å². The zero-order valence-electron chi connectivity index (χ0n) is 19.7. The van der Waals surface area contributed by atoms with Gasteiger partial charge in [0.2, 0.25) is 5.91 Å². The first-order chi connectivity index (χ1) is 15.4. The van der Waals surface area contributed by atoms with Crippen LogP contribution >= 0.6 is 11.3 Å². The Morgan fingerprint density at radius 3 is 2.50 bits per heavy atom. The molecule has 1 heterocycles. The Hall–Kier alpha value is -2.34. The second-order valence-corrected chi connectivity index (χ2v) is 10.0. The summed E-state index contributed by atoms with van der Waals surface area (Å²) >= 11 is 1.52. The average molecular weight is 458 g/mol. The quantitative estimate of drug-likeness (QED) is 0.336. The van der Waals surface area contributed by atoms with Crippen LogP contribution in [0.15, 0.2) is 24.3 Å². The number of nitrogens with one attached hydrogen (secondary N) is 1. The van der Waals surface area contributed by atoms with E-state index in [0.717, 1.165) is 43.4 Å². The third-order valence-corrected chi connectivity index (χ3v) is 7.45. The maximum Gasteiger partial charge on any atom is 0.341 e. The first-order valence-electron chi connectivity index (χ1n) is 11.7. The number of amides is 1. The molecule has 32 heavy (non-hydrogen) atoms. The second-order valence-electron chi connectivity index (χ2n) is 8.90. The fourth-order valence-electron chi connectivity index (χ4n) is 3.89. The molecule has 0 spiro atoms. The van der Waals surface area contributed by atoms with E-state index in [0.29, 0.717) is 36.6 Å². The highest BCUT2D eigenvalue weighted by atomic mass is 32.1.